The first-order chi connectivity index (χ1) is 11.3. The molecule has 0 amide bonds. The third-order valence-electron chi connectivity index (χ3n) is 4.00. The average molecular weight is 343 g/mol. The molecule has 0 spiro atoms. The van der Waals surface area contributed by atoms with Gasteiger partial charge >= 0.3 is 5.97 Å². The Balaban J connectivity index is 1.94. The summed E-state index contributed by atoms with van der Waals surface area (Å²) in [5, 5.41) is 5.09. The summed E-state index contributed by atoms with van der Waals surface area (Å²) in [5.41, 5.74) is 3.43. The van der Waals surface area contributed by atoms with Gasteiger partial charge in [-0.15, -0.1) is 0 Å². The number of nitrogens with two attached hydrogens (primary N) is 1. The molecule has 1 heterocycles. The van der Waals surface area contributed by atoms with Gasteiger partial charge in [0, 0.05) is 5.57 Å². The zero-order valence-electron chi connectivity index (χ0n) is 13.1. The zero-order chi connectivity index (χ0) is 17.3. The van der Waals surface area contributed by atoms with E-state index in [2.05, 4.69) is 0 Å². The quantitative estimate of drug-likeness (QED) is 0.685. The van der Waals surface area contributed by atoms with Crippen LogP contribution >= 0.6 is 0 Å². The van der Waals surface area contributed by atoms with E-state index in [-0.39, 0.29) is 16.8 Å². The normalized spacial score (nSPS) is 19.5. The Hall–Kier alpha value is -2.44. The second-order valence-electron chi connectivity index (χ2n) is 5.78. The number of hydrogen-bond acceptors (Lipinski definition) is 4. The molecule has 2 N–H and O–H groups in total. The first kappa shape index (κ1) is 16.4. The Kier molecular flexibility index (Phi) is 4.26. The lowest BCUT2D eigenvalue weighted by Gasteiger charge is -2.09. The molecule has 1 aliphatic rings. The molecule has 1 unspecified atom stereocenters. The smallest absolute Gasteiger partial charge is 0.334 e. The number of carbonyl (C=O) groups excluding carboxylic acids is 1. The van der Waals surface area contributed by atoms with Gasteiger partial charge in [-0.2, -0.15) is 0 Å². The number of cyclic esters (lactones) is 1. The predicted molar refractivity (Wildman–Crippen MR) is 90.7 cm³/mol. The Morgan fingerprint density at radius 2 is 1.71 bits per heavy atom. The number of ether oxygens (including phenoxy) is 1. The van der Waals surface area contributed by atoms with E-state index in [4.69, 9.17) is 9.88 Å². The van der Waals surface area contributed by atoms with Crippen LogP contribution in [0.5, 0.6) is 0 Å². The van der Waals surface area contributed by atoms with Crippen LogP contribution < -0.4 is 5.14 Å². The molecular formula is C18H17NO4S. The van der Waals surface area contributed by atoms with Gasteiger partial charge in [-0.1, -0.05) is 42.0 Å². The fourth-order valence-electron chi connectivity index (χ4n) is 2.64. The van der Waals surface area contributed by atoms with Crippen molar-refractivity contribution in [1.29, 1.82) is 0 Å². The molecule has 5 nitrogen and oxygen atoms in total. The van der Waals surface area contributed by atoms with Crippen LogP contribution in [0, 0.1) is 6.92 Å². The number of benzene rings is 2. The maximum atomic E-state index is 12.0. The van der Waals surface area contributed by atoms with Gasteiger partial charge in [-0.25, -0.2) is 18.4 Å². The number of sulfonamides is 1. The standard InChI is InChI=1S/C18H17NO4S/c1-12-2-6-14(7-3-12)17-11-23-18(20)16(17)10-13-4-8-15(9-5-13)24(19,21)22/h2-10,17H,11H2,1H3,(H2,19,21,22). The second-order valence-corrected chi connectivity index (χ2v) is 7.34. The van der Waals surface area contributed by atoms with Gasteiger partial charge in [0.05, 0.1) is 10.8 Å². The van der Waals surface area contributed by atoms with Crippen molar-refractivity contribution < 1.29 is 17.9 Å². The Bertz CT molecular complexity index is 897. The molecule has 0 bridgehead atoms. The molecule has 2 aromatic rings. The summed E-state index contributed by atoms with van der Waals surface area (Å²) in [7, 11) is -3.73. The minimum absolute atomic E-state index is 0.0359. The molecule has 1 atom stereocenters. The van der Waals surface area contributed by atoms with Crippen molar-refractivity contribution >= 4 is 22.1 Å². The zero-order valence-corrected chi connectivity index (χ0v) is 13.9. The van der Waals surface area contributed by atoms with Gasteiger partial charge in [-0.05, 0) is 36.3 Å². The molecule has 1 aliphatic heterocycles. The largest absolute Gasteiger partial charge is 0.461 e. The average Bonchev–Trinajstić information content (AvgIpc) is 2.89. The van der Waals surface area contributed by atoms with Gasteiger partial charge in [0.2, 0.25) is 10.0 Å². The van der Waals surface area contributed by atoms with E-state index in [0.717, 1.165) is 11.1 Å². The fraction of sp³-hybridized carbons (Fsp3) is 0.167. The van der Waals surface area contributed by atoms with Crippen molar-refractivity contribution in [2.75, 3.05) is 6.61 Å². The summed E-state index contributed by atoms with van der Waals surface area (Å²) in [5.74, 6) is -0.480. The van der Waals surface area contributed by atoms with Crippen LogP contribution in [0.1, 0.15) is 22.6 Å². The first-order valence-corrected chi connectivity index (χ1v) is 8.97. The Labute approximate surface area is 140 Å². The Morgan fingerprint density at radius 3 is 2.29 bits per heavy atom. The maximum Gasteiger partial charge on any atom is 0.334 e. The topological polar surface area (TPSA) is 86.5 Å². The second kappa shape index (κ2) is 6.22. The third kappa shape index (κ3) is 3.39. The molecular weight excluding hydrogens is 326 g/mol. The molecule has 6 heteroatoms. The van der Waals surface area contributed by atoms with E-state index >= 15 is 0 Å². The van der Waals surface area contributed by atoms with Crippen molar-refractivity contribution in [2.24, 2.45) is 5.14 Å². The SMILES string of the molecule is Cc1ccc(C2COC(=O)C2=Cc2ccc(S(N)(=O)=O)cc2)cc1. The minimum atomic E-state index is -3.73. The number of esters is 1. The third-order valence-corrected chi connectivity index (χ3v) is 4.93. The van der Waals surface area contributed by atoms with E-state index in [9.17, 15) is 13.2 Å². The number of carbonyl (C=O) groups is 1. The summed E-state index contributed by atoms with van der Waals surface area (Å²) < 4.78 is 27.8. The number of aryl methyl sites for hydroxylation is 1. The fourth-order valence-corrected chi connectivity index (χ4v) is 3.16. The van der Waals surface area contributed by atoms with E-state index in [0.29, 0.717) is 17.7 Å². The summed E-state index contributed by atoms with van der Waals surface area (Å²) in [6, 6.07) is 14.0. The van der Waals surface area contributed by atoms with E-state index in [1.807, 2.05) is 31.2 Å². The van der Waals surface area contributed by atoms with Crippen LogP contribution in [-0.2, 0) is 19.6 Å². The van der Waals surface area contributed by atoms with Crippen LogP contribution in [0.2, 0.25) is 0 Å². The summed E-state index contributed by atoms with van der Waals surface area (Å²) in [6.07, 6.45) is 1.73. The van der Waals surface area contributed by atoms with Crippen LogP contribution in [0.3, 0.4) is 0 Å². The molecule has 0 aromatic heterocycles. The molecule has 1 saturated heterocycles. The number of primary sulfonamides is 1. The lowest BCUT2D eigenvalue weighted by molar-refractivity contribution is -0.135. The van der Waals surface area contributed by atoms with Gasteiger partial charge < -0.3 is 4.74 Å². The highest BCUT2D eigenvalue weighted by molar-refractivity contribution is 7.89. The van der Waals surface area contributed by atoms with Crippen LogP contribution in [-0.4, -0.2) is 21.0 Å². The molecule has 124 valence electrons. The number of hydrogen-bond donors (Lipinski definition) is 1. The first-order valence-electron chi connectivity index (χ1n) is 7.43. The van der Waals surface area contributed by atoms with Crippen LogP contribution in [0.25, 0.3) is 6.08 Å². The van der Waals surface area contributed by atoms with Gasteiger partial charge in [0.25, 0.3) is 0 Å². The molecule has 24 heavy (non-hydrogen) atoms. The summed E-state index contributed by atoms with van der Waals surface area (Å²) in [4.78, 5) is 12.1. The predicted octanol–water partition coefficient (Wildman–Crippen LogP) is 2.37. The molecule has 0 aliphatic carbocycles. The molecule has 1 fully saturated rings. The minimum Gasteiger partial charge on any atom is -0.461 e. The van der Waals surface area contributed by atoms with Crippen molar-refractivity contribution in [3.63, 3.8) is 0 Å². The van der Waals surface area contributed by atoms with Crippen LogP contribution in [0.4, 0.5) is 0 Å². The van der Waals surface area contributed by atoms with E-state index in [1.54, 1.807) is 18.2 Å². The van der Waals surface area contributed by atoms with Crippen molar-refractivity contribution in [1.82, 2.24) is 0 Å². The number of rotatable bonds is 3. The van der Waals surface area contributed by atoms with Gasteiger partial charge in [0.1, 0.15) is 6.61 Å². The van der Waals surface area contributed by atoms with Gasteiger partial charge in [0.15, 0.2) is 0 Å². The molecule has 2 aromatic carbocycles. The highest BCUT2D eigenvalue weighted by Crippen LogP contribution is 2.33. The molecule has 0 radical (unpaired) electrons. The van der Waals surface area contributed by atoms with Crippen molar-refractivity contribution in [3.8, 4) is 0 Å². The lowest BCUT2D eigenvalue weighted by Crippen LogP contribution is -2.11. The molecule has 0 saturated carbocycles. The highest BCUT2D eigenvalue weighted by atomic mass is 32.2. The lowest BCUT2D eigenvalue weighted by atomic mass is 9.92. The van der Waals surface area contributed by atoms with Gasteiger partial charge in [-0.3, -0.25) is 0 Å². The van der Waals surface area contributed by atoms with E-state index < -0.39 is 10.0 Å². The Morgan fingerprint density at radius 1 is 1.08 bits per heavy atom. The highest BCUT2D eigenvalue weighted by Gasteiger charge is 2.31. The van der Waals surface area contributed by atoms with Crippen molar-refractivity contribution in [3.05, 3.63) is 70.8 Å². The van der Waals surface area contributed by atoms with Crippen LogP contribution in [0.15, 0.2) is 59.0 Å². The summed E-state index contributed by atoms with van der Waals surface area (Å²) in [6.45, 7) is 2.31. The maximum absolute atomic E-state index is 12.0. The molecule has 3 rings (SSSR count). The van der Waals surface area contributed by atoms with Crippen molar-refractivity contribution in [2.45, 2.75) is 17.7 Å². The monoisotopic (exact) mass is 343 g/mol. The van der Waals surface area contributed by atoms with E-state index in [1.165, 1.54) is 12.1 Å². The summed E-state index contributed by atoms with van der Waals surface area (Å²) >= 11 is 0.